The third kappa shape index (κ3) is 8.54. The predicted octanol–water partition coefficient (Wildman–Crippen LogP) is -0.950. The van der Waals surface area contributed by atoms with Crippen LogP contribution < -0.4 is 11.1 Å². The van der Waals surface area contributed by atoms with Gasteiger partial charge in [-0.15, -0.1) is 10.1 Å². The van der Waals surface area contributed by atoms with E-state index in [1.54, 1.807) is 0 Å². The molecule has 0 unspecified atom stereocenters. The maximum Gasteiger partial charge on any atom is 0.294 e. The Morgan fingerprint density at radius 1 is 1.54 bits per heavy atom. The topological polar surface area (TPSA) is 107 Å². The molecule has 1 amide bonds. The summed E-state index contributed by atoms with van der Waals surface area (Å²) in [6, 6.07) is 0. The highest BCUT2D eigenvalue weighted by atomic mass is 16.9. The Morgan fingerprint density at radius 2 is 2.23 bits per heavy atom. The lowest BCUT2D eigenvalue weighted by atomic mass is 10.3. The first kappa shape index (κ1) is 11.6. The van der Waals surface area contributed by atoms with Gasteiger partial charge in [0.15, 0.2) is 0 Å². The van der Waals surface area contributed by atoms with Crippen LogP contribution in [-0.2, 0) is 9.63 Å². The Kier molecular flexibility index (Phi) is 6.52. The molecule has 0 atom stereocenters. The van der Waals surface area contributed by atoms with Crippen molar-refractivity contribution in [1.29, 1.82) is 0 Å². The number of nitrogens with zero attached hydrogens (tertiary/aromatic N) is 1. The number of hydrogen-bond donors (Lipinski definition) is 2. The van der Waals surface area contributed by atoms with Crippen molar-refractivity contribution in [2.75, 3.05) is 19.7 Å². The van der Waals surface area contributed by atoms with Crippen molar-refractivity contribution in [3.63, 3.8) is 0 Å². The lowest BCUT2D eigenvalue weighted by Gasteiger charge is -2.02. The summed E-state index contributed by atoms with van der Waals surface area (Å²) in [7, 11) is 0. The number of nitrogens with one attached hydrogen (secondary N) is 1. The molecule has 0 aromatic carbocycles. The van der Waals surface area contributed by atoms with Crippen LogP contribution in [0.25, 0.3) is 0 Å². The van der Waals surface area contributed by atoms with E-state index >= 15 is 0 Å². The van der Waals surface area contributed by atoms with Gasteiger partial charge in [-0.05, 0) is 12.8 Å². The Morgan fingerprint density at radius 3 is 2.77 bits per heavy atom. The van der Waals surface area contributed by atoms with E-state index in [4.69, 9.17) is 5.73 Å². The second-order valence-electron chi connectivity index (χ2n) is 2.32. The van der Waals surface area contributed by atoms with Crippen LogP contribution >= 0.6 is 0 Å². The summed E-state index contributed by atoms with van der Waals surface area (Å²) < 4.78 is 0. The van der Waals surface area contributed by atoms with Gasteiger partial charge in [-0.25, -0.2) is 0 Å². The van der Waals surface area contributed by atoms with E-state index in [1.807, 2.05) is 0 Å². The van der Waals surface area contributed by atoms with Crippen LogP contribution in [0.1, 0.15) is 12.8 Å². The molecule has 0 fully saturated rings. The van der Waals surface area contributed by atoms with Crippen molar-refractivity contribution in [3.05, 3.63) is 10.1 Å². The second-order valence-corrected chi connectivity index (χ2v) is 2.32. The Labute approximate surface area is 75.3 Å². The summed E-state index contributed by atoms with van der Waals surface area (Å²) in [6.07, 6.45) is 1.17. The van der Waals surface area contributed by atoms with Gasteiger partial charge < -0.3 is 15.9 Å². The molecule has 0 aliphatic heterocycles. The lowest BCUT2D eigenvalue weighted by molar-refractivity contribution is -0.757. The molecular weight excluding hydrogens is 178 g/mol. The molecule has 7 heteroatoms. The van der Waals surface area contributed by atoms with E-state index in [9.17, 15) is 14.9 Å². The number of nitrogens with two attached hydrogens (primary N) is 1. The van der Waals surface area contributed by atoms with Gasteiger partial charge in [0.1, 0.15) is 0 Å². The standard InChI is InChI=1S/C6H13N3O4/c7-5-6(10)8-3-1-2-4-13-9(11)12/h1-5,7H2,(H,8,10). The number of amides is 1. The average molecular weight is 191 g/mol. The largest absolute Gasteiger partial charge is 0.355 e. The van der Waals surface area contributed by atoms with Crippen LogP contribution in [0, 0.1) is 10.1 Å². The molecule has 76 valence electrons. The molecule has 0 aliphatic rings. The van der Waals surface area contributed by atoms with E-state index in [2.05, 4.69) is 10.2 Å². The molecule has 0 aromatic rings. The quantitative estimate of drug-likeness (QED) is 0.306. The van der Waals surface area contributed by atoms with Gasteiger partial charge in [-0.1, -0.05) is 0 Å². The van der Waals surface area contributed by atoms with Gasteiger partial charge in [-0.3, -0.25) is 4.79 Å². The van der Waals surface area contributed by atoms with Crippen molar-refractivity contribution in [3.8, 4) is 0 Å². The number of hydrogen-bond acceptors (Lipinski definition) is 5. The Bertz CT molecular complexity index is 173. The molecule has 0 saturated heterocycles. The minimum Gasteiger partial charge on any atom is -0.355 e. The van der Waals surface area contributed by atoms with E-state index in [0.29, 0.717) is 19.4 Å². The molecule has 0 saturated carbocycles. The highest BCUT2D eigenvalue weighted by Gasteiger charge is 1.96. The maximum atomic E-state index is 10.6. The lowest BCUT2D eigenvalue weighted by Crippen LogP contribution is -2.31. The first-order valence-corrected chi connectivity index (χ1v) is 3.91. The molecule has 0 aromatic heterocycles. The van der Waals surface area contributed by atoms with Gasteiger partial charge in [0, 0.05) is 6.54 Å². The molecular formula is C6H13N3O4. The minimum absolute atomic E-state index is 0.0363. The summed E-state index contributed by atoms with van der Waals surface area (Å²) in [5, 5.41) is 11.4. The zero-order chi connectivity index (χ0) is 10.1. The maximum absolute atomic E-state index is 10.6. The summed E-state index contributed by atoms with van der Waals surface area (Å²) in [5.41, 5.74) is 5.03. The van der Waals surface area contributed by atoms with Crippen LogP contribution in [-0.4, -0.2) is 30.7 Å². The number of carbonyl (C=O) groups excluding carboxylic acids is 1. The van der Waals surface area contributed by atoms with Gasteiger partial charge >= 0.3 is 0 Å². The van der Waals surface area contributed by atoms with E-state index in [1.165, 1.54) is 0 Å². The van der Waals surface area contributed by atoms with Crippen molar-refractivity contribution in [2.24, 2.45) is 5.73 Å². The SMILES string of the molecule is NCC(=O)NCCCCO[N+](=O)[O-]. The Balaban J connectivity index is 3.08. The summed E-state index contributed by atoms with van der Waals surface area (Å²) in [4.78, 5) is 24.3. The number of carbonyl (C=O) groups is 1. The van der Waals surface area contributed by atoms with Gasteiger partial charge in [0.25, 0.3) is 5.09 Å². The molecule has 3 N–H and O–H groups in total. The average Bonchev–Trinajstić information content (AvgIpc) is 2.10. The molecule has 0 rings (SSSR count). The van der Waals surface area contributed by atoms with Crippen LogP contribution in [0.15, 0.2) is 0 Å². The number of rotatable bonds is 7. The Hall–Kier alpha value is -1.37. The van der Waals surface area contributed by atoms with Crippen molar-refractivity contribution < 1.29 is 14.7 Å². The van der Waals surface area contributed by atoms with E-state index < -0.39 is 5.09 Å². The molecule has 7 nitrogen and oxygen atoms in total. The zero-order valence-corrected chi connectivity index (χ0v) is 7.19. The molecule has 0 bridgehead atoms. The van der Waals surface area contributed by atoms with E-state index in [-0.39, 0.29) is 19.1 Å². The van der Waals surface area contributed by atoms with Crippen molar-refractivity contribution >= 4 is 5.91 Å². The van der Waals surface area contributed by atoms with Gasteiger partial charge in [-0.2, -0.15) is 0 Å². The fourth-order valence-corrected chi connectivity index (χ4v) is 0.666. The van der Waals surface area contributed by atoms with Crippen LogP contribution in [0.3, 0.4) is 0 Å². The van der Waals surface area contributed by atoms with Crippen molar-refractivity contribution in [2.45, 2.75) is 12.8 Å². The summed E-state index contributed by atoms with van der Waals surface area (Å²) in [6.45, 7) is 0.494. The third-order valence-corrected chi connectivity index (χ3v) is 1.28. The first-order valence-electron chi connectivity index (χ1n) is 3.91. The normalized spacial score (nSPS) is 9.31. The highest BCUT2D eigenvalue weighted by molar-refractivity contribution is 5.77. The predicted molar refractivity (Wildman–Crippen MR) is 44.2 cm³/mol. The smallest absolute Gasteiger partial charge is 0.294 e. The summed E-state index contributed by atoms with van der Waals surface area (Å²) in [5.74, 6) is -0.227. The fraction of sp³-hybridized carbons (Fsp3) is 0.833. The fourth-order valence-electron chi connectivity index (χ4n) is 0.666. The molecule has 0 aliphatic carbocycles. The number of unbranched alkanes of at least 4 members (excludes halogenated alkanes) is 1. The van der Waals surface area contributed by atoms with Crippen molar-refractivity contribution in [1.82, 2.24) is 5.32 Å². The van der Waals surface area contributed by atoms with Crippen LogP contribution in [0.4, 0.5) is 0 Å². The molecule has 13 heavy (non-hydrogen) atoms. The molecule has 0 radical (unpaired) electrons. The summed E-state index contributed by atoms with van der Waals surface area (Å²) >= 11 is 0. The van der Waals surface area contributed by atoms with Gasteiger partial charge in [0.2, 0.25) is 5.91 Å². The molecule has 0 heterocycles. The monoisotopic (exact) mass is 191 g/mol. The highest BCUT2D eigenvalue weighted by Crippen LogP contribution is 1.88. The van der Waals surface area contributed by atoms with Crippen LogP contribution in [0.2, 0.25) is 0 Å². The van der Waals surface area contributed by atoms with E-state index in [0.717, 1.165) is 0 Å². The first-order chi connectivity index (χ1) is 6.16. The molecule has 0 spiro atoms. The van der Waals surface area contributed by atoms with Gasteiger partial charge in [0.05, 0.1) is 13.2 Å². The third-order valence-electron chi connectivity index (χ3n) is 1.28. The zero-order valence-electron chi connectivity index (χ0n) is 7.19. The van der Waals surface area contributed by atoms with Crippen LogP contribution in [0.5, 0.6) is 0 Å². The minimum atomic E-state index is -0.835. The second kappa shape index (κ2) is 7.29.